The Labute approximate surface area is 198 Å². The number of benzene rings is 4. The molecule has 4 N–H and O–H groups in total. The lowest BCUT2D eigenvalue weighted by Gasteiger charge is -2.15. The highest BCUT2D eigenvalue weighted by Gasteiger charge is 2.17. The number of phenolic OH excluding ortho intramolecular Hbond substituents is 1. The molecule has 0 saturated heterocycles. The Morgan fingerprint density at radius 2 is 1.52 bits per heavy atom. The standard InChI is InChI=1S/C26H20BrNO5/c27-21-9-1-15(2-10-21)14-28-25(31)19-8-7-18-13-23(29)22(12-20(18)11-19)24(30)16-3-5-17(6-4-16)26(32)33/h1-13,24,29-30H,14H2,(H,28,31)(H,32,33). The van der Waals surface area contributed by atoms with Gasteiger partial charge in [-0.25, -0.2) is 4.79 Å². The number of amides is 1. The molecule has 0 fully saturated rings. The summed E-state index contributed by atoms with van der Waals surface area (Å²) < 4.78 is 0.964. The second-order valence-electron chi connectivity index (χ2n) is 7.61. The van der Waals surface area contributed by atoms with Crippen molar-refractivity contribution in [1.29, 1.82) is 0 Å². The second-order valence-corrected chi connectivity index (χ2v) is 8.53. The van der Waals surface area contributed by atoms with E-state index in [0.29, 0.717) is 28.4 Å². The van der Waals surface area contributed by atoms with E-state index in [0.717, 1.165) is 10.0 Å². The van der Waals surface area contributed by atoms with Crippen LogP contribution in [-0.4, -0.2) is 27.2 Å². The van der Waals surface area contributed by atoms with E-state index >= 15 is 0 Å². The van der Waals surface area contributed by atoms with Crippen LogP contribution in [0.4, 0.5) is 0 Å². The SMILES string of the molecule is O=C(O)c1ccc(C(O)c2cc3cc(C(=O)NCc4ccc(Br)cc4)ccc3cc2O)cc1. The predicted molar refractivity (Wildman–Crippen MR) is 128 cm³/mol. The minimum atomic E-state index is -1.16. The number of carbonyl (C=O) groups is 2. The molecule has 166 valence electrons. The van der Waals surface area contributed by atoms with E-state index in [1.165, 1.54) is 30.3 Å². The quantitative estimate of drug-likeness (QED) is 0.294. The number of halogens is 1. The van der Waals surface area contributed by atoms with Gasteiger partial charge in [-0.05, 0) is 70.4 Å². The van der Waals surface area contributed by atoms with Crippen LogP contribution in [0.25, 0.3) is 10.8 Å². The number of aromatic hydroxyl groups is 1. The molecule has 7 heteroatoms. The smallest absolute Gasteiger partial charge is 0.335 e. The first-order valence-corrected chi connectivity index (χ1v) is 10.9. The number of fused-ring (bicyclic) bond motifs is 1. The van der Waals surface area contributed by atoms with Crippen molar-refractivity contribution >= 4 is 38.6 Å². The summed E-state index contributed by atoms with van der Waals surface area (Å²) in [6, 6.07) is 21.7. The topological polar surface area (TPSA) is 107 Å². The van der Waals surface area contributed by atoms with Gasteiger partial charge in [-0.1, -0.05) is 46.3 Å². The van der Waals surface area contributed by atoms with Crippen LogP contribution in [0.1, 0.15) is 43.5 Å². The molecule has 0 aliphatic heterocycles. The third kappa shape index (κ3) is 5.05. The van der Waals surface area contributed by atoms with Crippen molar-refractivity contribution in [1.82, 2.24) is 5.32 Å². The number of hydrogen-bond donors (Lipinski definition) is 4. The van der Waals surface area contributed by atoms with Gasteiger partial charge in [0.25, 0.3) is 5.91 Å². The molecule has 4 aromatic rings. The van der Waals surface area contributed by atoms with Crippen LogP contribution < -0.4 is 5.32 Å². The highest BCUT2D eigenvalue weighted by atomic mass is 79.9. The van der Waals surface area contributed by atoms with Crippen molar-refractivity contribution in [3.05, 3.63) is 111 Å². The molecular weight excluding hydrogens is 486 g/mol. The molecule has 0 aromatic heterocycles. The Morgan fingerprint density at radius 3 is 2.18 bits per heavy atom. The molecule has 1 unspecified atom stereocenters. The summed E-state index contributed by atoms with van der Waals surface area (Å²) >= 11 is 3.38. The number of aromatic carboxylic acids is 1. The van der Waals surface area contributed by atoms with Gasteiger partial charge in [-0.3, -0.25) is 4.79 Å². The maximum Gasteiger partial charge on any atom is 0.335 e. The van der Waals surface area contributed by atoms with Crippen molar-refractivity contribution in [2.45, 2.75) is 12.6 Å². The van der Waals surface area contributed by atoms with Crippen molar-refractivity contribution in [3.63, 3.8) is 0 Å². The fourth-order valence-electron chi connectivity index (χ4n) is 3.54. The first-order valence-electron chi connectivity index (χ1n) is 10.1. The van der Waals surface area contributed by atoms with E-state index in [9.17, 15) is 19.8 Å². The highest BCUT2D eigenvalue weighted by molar-refractivity contribution is 9.10. The van der Waals surface area contributed by atoms with Gasteiger partial charge in [0.15, 0.2) is 0 Å². The largest absolute Gasteiger partial charge is 0.508 e. The zero-order valence-corrected chi connectivity index (χ0v) is 18.9. The number of aliphatic hydroxyl groups excluding tert-OH is 1. The van der Waals surface area contributed by atoms with Crippen LogP contribution in [0.5, 0.6) is 5.75 Å². The predicted octanol–water partition coefficient (Wildman–Crippen LogP) is 5.02. The molecule has 1 amide bonds. The highest BCUT2D eigenvalue weighted by Crippen LogP contribution is 2.33. The lowest BCUT2D eigenvalue weighted by atomic mass is 9.96. The summed E-state index contributed by atoms with van der Waals surface area (Å²) in [4.78, 5) is 23.7. The van der Waals surface area contributed by atoms with E-state index in [-0.39, 0.29) is 22.8 Å². The average Bonchev–Trinajstić information content (AvgIpc) is 2.82. The number of phenols is 1. The molecule has 1 atom stereocenters. The lowest BCUT2D eigenvalue weighted by molar-refractivity contribution is 0.0696. The monoisotopic (exact) mass is 505 g/mol. The number of carbonyl (C=O) groups excluding carboxylic acids is 1. The van der Waals surface area contributed by atoms with Gasteiger partial charge in [0.05, 0.1) is 5.56 Å². The number of rotatable bonds is 6. The maximum absolute atomic E-state index is 12.7. The zero-order chi connectivity index (χ0) is 23.5. The van der Waals surface area contributed by atoms with Crippen molar-refractivity contribution in [3.8, 4) is 5.75 Å². The first kappa shape index (κ1) is 22.5. The fourth-order valence-corrected chi connectivity index (χ4v) is 3.80. The van der Waals surface area contributed by atoms with Gasteiger partial charge in [0.1, 0.15) is 11.9 Å². The number of carboxylic acids is 1. The van der Waals surface area contributed by atoms with Crippen LogP contribution in [0.15, 0.2) is 83.3 Å². The molecule has 0 aliphatic rings. The number of carboxylic acid groups (broad SMARTS) is 1. The van der Waals surface area contributed by atoms with Gasteiger partial charge in [-0.15, -0.1) is 0 Å². The summed E-state index contributed by atoms with van der Waals surface area (Å²) in [6.07, 6.45) is -1.16. The normalized spacial score (nSPS) is 11.8. The molecule has 0 spiro atoms. The number of aliphatic hydroxyl groups is 1. The fraction of sp³-hybridized carbons (Fsp3) is 0.0769. The van der Waals surface area contributed by atoms with Crippen LogP contribution in [-0.2, 0) is 6.54 Å². The second kappa shape index (κ2) is 9.44. The van der Waals surface area contributed by atoms with E-state index in [1.54, 1.807) is 24.3 Å². The van der Waals surface area contributed by atoms with E-state index in [1.807, 2.05) is 24.3 Å². The summed E-state index contributed by atoms with van der Waals surface area (Å²) in [5, 5.41) is 34.6. The molecule has 0 bridgehead atoms. The summed E-state index contributed by atoms with van der Waals surface area (Å²) in [6.45, 7) is 0.385. The average molecular weight is 506 g/mol. The zero-order valence-electron chi connectivity index (χ0n) is 17.3. The Balaban J connectivity index is 1.58. The summed E-state index contributed by atoms with van der Waals surface area (Å²) in [7, 11) is 0. The molecule has 0 radical (unpaired) electrons. The van der Waals surface area contributed by atoms with E-state index in [4.69, 9.17) is 5.11 Å². The third-order valence-corrected chi connectivity index (χ3v) is 5.91. The Kier molecular flexibility index (Phi) is 6.44. The molecule has 4 rings (SSSR count). The van der Waals surface area contributed by atoms with Crippen LogP contribution in [0.3, 0.4) is 0 Å². The molecule has 33 heavy (non-hydrogen) atoms. The van der Waals surface area contributed by atoms with Gasteiger partial charge in [-0.2, -0.15) is 0 Å². The van der Waals surface area contributed by atoms with Gasteiger partial charge in [0, 0.05) is 22.1 Å². The van der Waals surface area contributed by atoms with Gasteiger partial charge in [0.2, 0.25) is 0 Å². The van der Waals surface area contributed by atoms with E-state index < -0.39 is 12.1 Å². The summed E-state index contributed by atoms with van der Waals surface area (Å²) in [5.74, 6) is -1.39. The van der Waals surface area contributed by atoms with E-state index in [2.05, 4.69) is 21.2 Å². The number of hydrogen-bond acceptors (Lipinski definition) is 4. The first-order chi connectivity index (χ1) is 15.8. The van der Waals surface area contributed by atoms with Gasteiger partial charge < -0.3 is 20.6 Å². The minimum absolute atomic E-state index is 0.0928. The number of nitrogens with one attached hydrogen (secondary N) is 1. The minimum Gasteiger partial charge on any atom is -0.508 e. The van der Waals surface area contributed by atoms with Crippen molar-refractivity contribution in [2.75, 3.05) is 0 Å². The third-order valence-electron chi connectivity index (χ3n) is 5.38. The Bertz CT molecular complexity index is 1330. The Hall–Kier alpha value is -3.68. The Morgan fingerprint density at radius 1 is 0.848 bits per heavy atom. The molecule has 0 saturated carbocycles. The summed E-state index contributed by atoms with van der Waals surface area (Å²) in [5.41, 5.74) is 2.23. The van der Waals surface area contributed by atoms with Crippen molar-refractivity contribution < 1.29 is 24.9 Å². The van der Waals surface area contributed by atoms with Crippen LogP contribution >= 0.6 is 15.9 Å². The van der Waals surface area contributed by atoms with Gasteiger partial charge >= 0.3 is 5.97 Å². The molecule has 4 aromatic carbocycles. The molecular formula is C26H20BrNO5. The van der Waals surface area contributed by atoms with Crippen LogP contribution in [0.2, 0.25) is 0 Å². The molecule has 6 nitrogen and oxygen atoms in total. The van der Waals surface area contributed by atoms with Crippen LogP contribution in [0, 0.1) is 0 Å². The molecule has 0 heterocycles. The lowest BCUT2D eigenvalue weighted by Crippen LogP contribution is -2.22. The maximum atomic E-state index is 12.7. The van der Waals surface area contributed by atoms with Crippen molar-refractivity contribution in [2.24, 2.45) is 0 Å². The molecule has 0 aliphatic carbocycles.